The summed E-state index contributed by atoms with van der Waals surface area (Å²) >= 11 is 3.16. The van der Waals surface area contributed by atoms with Gasteiger partial charge in [-0.15, -0.1) is 0 Å². The Morgan fingerprint density at radius 3 is 2.86 bits per heavy atom. The minimum absolute atomic E-state index is 0.0955. The van der Waals surface area contributed by atoms with Gasteiger partial charge >= 0.3 is 0 Å². The van der Waals surface area contributed by atoms with Gasteiger partial charge in [0.05, 0.1) is 17.6 Å². The average molecular weight is 257 g/mol. The quantitative estimate of drug-likeness (QED) is 0.771. The largest absolute Gasteiger partial charge is 0.336 e. The lowest BCUT2D eigenvalue weighted by atomic mass is 10.3. The average Bonchev–Trinajstić information content (AvgIpc) is 2.26. The molecule has 1 rings (SSSR count). The number of rotatable bonds is 4. The summed E-state index contributed by atoms with van der Waals surface area (Å²) in [6.07, 6.45) is 1.74. The second-order valence-corrected chi connectivity index (χ2v) is 3.42. The highest BCUT2D eigenvalue weighted by molar-refractivity contribution is 9.09. The molecular formula is C10H13BrN2O. The van der Waals surface area contributed by atoms with Gasteiger partial charge in [0, 0.05) is 12.7 Å². The van der Waals surface area contributed by atoms with Crippen molar-refractivity contribution in [1.29, 1.82) is 0 Å². The third-order valence-corrected chi connectivity index (χ3v) is 2.41. The maximum absolute atomic E-state index is 11.4. The normalized spacial score (nSPS) is 9.86. The van der Waals surface area contributed by atoms with Crippen LogP contribution in [0.5, 0.6) is 0 Å². The minimum Gasteiger partial charge on any atom is -0.336 e. The molecule has 0 bridgehead atoms. The standard InChI is InChI=1S/C10H13BrN2O/c1-2-13(10(14)7-11)8-9-5-3-4-6-12-9/h3-6H,2,7-8H2,1H3. The van der Waals surface area contributed by atoms with Crippen LogP contribution in [0.2, 0.25) is 0 Å². The number of alkyl halides is 1. The second-order valence-electron chi connectivity index (χ2n) is 2.86. The van der Waals surface area contributed by atoms with E-state index < -0.39 is 0 Å². The lowest BCUT2D eigenvalue weighted by Crippen LogP contribution is -2.31. The van der Waals surface area contributed by atoms with Crippen molar-refractivity contribution < 1.29 is 4.79 Å². The monoisotopic (exact) mass is 256 g/mol. The molecule has 0 spiro atoms. The van der Waals surface area contributed by atoms with Gasteiger partial charge in [0.15, 0.2) is 0 Å². The summed E-state index contributed by atoms with van der Waals surface area (Å²) in [5.74, 6) is 0.0955. The van der Waals surface area contributed by atoms with Crippen molar-refractivity contribution in [3.05, 3.63) is 30.1 Å². The van der Waals surface area contributed by atoms with E-state index in [9.17, 15) is 4.79 Å². The van der Waals surface area contributed by atoms with E-state index in [1.165, 1.54) is 0 Å². The first-order valence-corrected chi connectivity index (χ1v) is 5.63. The lowest BCUT2D eigenvalue weighted by molar-refractivity contribution is -0.128. The Balaban J connectivity index is 2.62. The predicted octanol–water partition coefficient (Wildman–Crippen LogP) is 1.82. The molecule has 4 heteroatoms. The molecule has 0 radical (unpaired) electrons. The minimum atomic E-state index is 0.0955. The Labute approximate surface area is 92.3 Å². The van der Waals surface area contributed by atoms with Crippen molar-refractivity contribution in [2.45, 2.75) is 13.5 Å². The molecule has 1 heterocycles. The van der Waals surface area contributed by atoms with E-state index >= 15 is 0 Å². The molecule has 1 aromatic heterocycles. The van der Waals surface area contributed by atoms with Crippen molar-refractivity contribution >= 4 is 21.8 Å². The van der Waals surface area contributed by atoms with Crippen LogP contribution in [0.1, 0.15) is 12.6 Å². The third kappa shape index (κ3) is 3.10. The van der Waals surface area contributed by atoms with E-state index in [1.807, 2.05) is 25.1 Å². The number of halogens is 1. The van der Waals surface area contributed by atoms with Gasteiger partial charge in [0.1, 0.15) is 0 Å². The summed E-state index contributed by atoms with van der Waals surface area (Å²) in [6, 6.07) is 5.71. The van der Waals surface area contributed by atoms with E-state index in [0.717, 1.165) is 5.69 Å². The summed E-state index contributed by atoms with van der Waals surface area (Å²) in [5.41, 5.74) is 0.920. The number of carbonyl (C=O) groups excluding carboxylic acids is 1. The Hall–Kier alpha value is -0.900. The zero-order valence-electron chi connectivity index (χ0n) is 8.11. The summed E-state index contributed by atoms with van der Waals surface area (Å²) in [5, 5.41) is 0.369. The van der Waals surface area contributed by atoms with Gasteiger partial charge in [-0.05, 0) is 19.1 Å². The molecule has 0 unspecified atom stereocenters. The Morgan fingerprint density at radius 1 is 1.57 bits per heavy atom. The van der Waals surface area contributed by atoms with Crippen molar-refractivity contribution in [1.82, 2.24) is 9.88 Å². The SMILES string of the molecule is CCN(Cc1ccccn1)C(=O)CBr. The number of hydrogen-bond acceptors (Lipinski definition) is 2. The molecule has 0 atom stereocenters. The topological polar surface area (TPSA) is 33.2 Å². The Morgan fingerprint density at radius 2 is 2.36 bits per heavy atom. The molecule has 14 heavy (non-hydrogen) atoms. The van der Waals surface area contributed by atoms with E-state index in [-0.39, 0.29) is 5.91 Å². The number of hydrogen-bond donors (Lipinski definition) is 0. The van der Waals surface area contributed by atoms with E-state index in [2.05, 4.69) is 20.9 Å². The Kier molecular flexibility index (Phi) is 4.59. The molecule has 3 nitrogen and oxygen atoms in total. The van der Waals surface area contributed by atoms with Gasteiger partial charge in [-0.3, -0.25) is 9.78 Å². The summed E-state index contributed by atoms with van der Waals surface area (Å²) in [4.78, 5) is 17.3. The van der Waals surface area contributed by atoms with Crippen LogP contribution in [0.15, 0.2) is 24.4 Å². The highest BCUT2D eigenvalue weighted by Gasteiger charge is 2.10. The fourth-order valence-electron chi connectivity index (χ4n) is 1.15. The Bertz CT molecular complexity index is 289. The molecule has 0 fully saturated rings. The van der Waals surface area contributed by atoms with Crippen LogP contribution in [0.4, 0.5) is 0 Å². The first-order valence-electron chi connectivity index (χ1n) is 4.51. The van der Waals surface area contributed by atoms with Gasteiger partial charge in [-0.25, -0.2) is 0 Å². The van der Waals surface area contributed by atoms with Gasteiger partial charge in [0.25, 0.3) is 0 Å². The number of aromatic nitrogens is 1. The smallest absolute Gasteiger partial charge is 0.233 e. The van der Waals surface area contributed by atoms with Crippen LogP contribution >= 0.6 is 15.9 Å². The van der Waals surface area contributed by atoms with Crippen LogP contribution < -0.4 is 0 Å². The first-order chi connectivity index (χ1) is 6.77. The van der Waals surface area contributed by atoms with Gasteiger partial charge < -0.3 is 4.90 Å². The molecule has 0 saturated carbocycles. The molecule has 0 aliphatic carbocycles. The highest BCUT2D eigenvalue weighted by Crippen LogP contribution is 2.02. The van der Waals surface area contributed by atoms with Crippen LogP contribution in [0.3, 0.4) is 0 Å². The zero-order valence-corrected chi connectivity index (χ0v) is 9.70. The van der Waals surface area contributed by atoms with Crippen molar-refractivity contribution in [3.8, 4) is 0 Å². The molecule has 1 amide bonds. The van der Waals surface area contributed by atoms with Gasteiger partial charge in [0.2, 0.25) is 5.91 Å². The van der Waals surface area contributed by atoms with E-state index in [1.54, 1.807) is 11.1 Å². The van der Waals surface area contributed by atoms with E-state index in [4.69, 9.17) is 0 Å². The maximum Gasteiger partial charge on any atom is 0.233 e. The fraction of sp³-hybridized carbons (Fsp3) is 0.400. The van der Waals surface area contributed by atoms with Crippen LogP contribution in [-0.2, 0) is 11.3 Å². The predicted molar refractivity (Wildman–Crippen MR) is 59.1 cm³/mol. The molecule has 0 N–H and O–H groups in total. The van der Waals surface area contributed by atoms with Crippen LogP contribution in [0, 0.1) is 0 Å². The lowest BCUT2D eigenvalue weighted by Gasteiger charge is -2.18. The summed E-state index contributed by atoms with van der Waals surface area (Å²) < 4.78 is 0. The van der Waals surface area contributed by atoms with Gasteiger partial charge in [-0.1, -0.05) is 22.0 Å². The molecule has 76 valence electrons. The van der Waals surface area contributed by atoms with E-state index in [0.29, 0.717) is 18.4 Å². The van der Waals surface area contributed by atoms with Crippen LogP contribution in [0.25, 0.3) is 0 Å². The molecule has 0 aromatic carbocycles. The number of pyridine rings is 1. The van der Waals surface area contributed by atoms with Gasteiger partial charge in [-0.2, -0.15) is 0 Å². The van der Waals surface area contributed by atoms with Crippen molar-refractivity contribution in [2.75, 3.05) is 11.9 Å². The highest BCUT2D eigenvalue weighted by atomic mass is 79.9. The fourth-order valence-corrected chi connectivity index (χ4v) is 1.50. The summed E-state index contributed by atoms with van der Waals surface area (Å²) in [7, 11) is 0. The van der Waals surface area contributed by atoms with Crippen molar-refractivity contribution in [2.24, 2.45) is 0 Å². The van der Waals surface area contributed by atoms with Crippen molar-refractivity contribution in [3.63, 3.8) is 0 Å². The second kappa shape index (κ2) is 5.75. The maximum atomic E-state index is 11.4. The number of carbonyl (C=O) groups is 1. The van der Waals surface area contributed by atoms with Crippen LogP contribution in [-0.4, -0.2) is 27.7 Å². The summed E-state index contributed by atoms with van der Waals surface area (Å²) in [6.45, 7) is 3.26. The molecule has 0 saturated heterocycles. The molecular weight excluding hydrogens is 244 g/mol. The molecule has 0 aliphatic heterocycles. The number of nitrogens with zero attached hydrogens (tertiary/aromatic N) is 2. The molecule has 0 aliphatic rings. The third-order valence-electron chi connectivity index (χ3n) is 1.93. The zero-order chi connectivity index (χ0) is 10.4. The molecule has 1 aromatic rings. The first kappa shape index (κ1) is 11.2. The number of amides is 1.